The van der Waals surface area contributed by atoms with E-state index in [2.05, 4.69) is 24.5 Å². The van der Waals surface area contributed by atoms with Crippen LogP contribution in [0.5, 0.6) is 0 Å². The average molecular weight is 214 g/mol. The number of carbonyl (C=O) groups is 1. The van der Waals surface area contributed by atoms with Gasteiger partial charge >= 0.3 is 0 Å². The van der Waals surface area contributed by atoms with Gasteiger partial charge < -0.3 is 10.6 Å². The van der Waals surface area contributed by atoms with Crippen LogP contribution in [0.3, 0.4) is 0 Å². The van der Waals surface area contributed by atoms with Gasteiger partial charge in [0.25, 0.3) is 0 Å². The predicted molar refractivity (Wildman–Crippen MR) is 64.8 cm³/mol. The number of hydrogen-bond acceptors (Lipinski definition) is 2. The van der Waals surface area contributed by atoms with Crippen molar-refractivity contribution in [1.29, 1.82) is 0 Å². The molecule has 90 valence electrons. The molecule has 15 heavy (non-hydrogen) atoms. The number of amides is 1. The van der Waals surface area contributed by atoms with Crippen LogP contribution in [-0.4, -0.2) is 25.5 Å². The van der Waals surface area contributed by atoms with Crippen molar-refractivity contribution < 1.29 is 4.79 Å². The Morgan fingerprint density at radius 1 is 1.20 bits per heavy atom. The summed E-state index contributed by atoms with van der Waals surface area (Å²) >= 11 is 0. The van der Waals surface area contributed by atoms with E-state index in [1.165, 1.54) is 0 Å². The highest BCUT2D eigenvalue weighted by Crippen LogP contribution is 2.00. The topological polar surface area (TPSA) is 41.1 Å². The second kappa shape index (κ2) is 8.72. The molecular formula is C12H26N2O. The van der Waals surface area contributed by atoms with Gasteiger partial charge in [-0.25, -0.2) is 0 Å². The molecule has 0 fully saturated rings. The van der Waals surface area contributed by atoms with Crippen LogP contribution in [0.25, 0.3) is 0 Å². The standard InChI is InChI=1S/C12H26N2O/c1-5-7-13-8-10(3)9-14-12(15)11(4)6-2/h10-11,13H,5-9H2,1-4H3,(H,14,15). The third kappa shape index (κ3) is 7.37. The molecule has 0 aliphatic rings. The van der Waals surface area contributed by atoms with E-state index in [0.29, 0.717) is 5.92 Å². The van der Waals surface area contributed by atoms with E-state index >= 15 is 0 Å². The van der Waals surface area contributed by atoms with Crippen molar-refractivity contribution in [3.63, 3.8) is 0 Å². The highest BCUT2D eigenvalue weighted by molar-refractivity contribution is 5.78. The lowest BCUT2D eigenvalue weighted by molar-refractivity contribution is -0.124. The molecule has 0 bridgehead atoms. The lowest BCUT2D eigenvalue weighted by atomic mass is 10.1. The Kier molecular flexibility index (Phi) is 8.38. The molecule has 0 aromatic carbocycles. The fourth-order valence-corrected chi connectivity index (χ4v) is 1.23. The summed E-state index contributed by atoms with van der Waals surface area (Å²) in [5.74, 6) is 0.824. The number of hydrogen-bond donors (Lipinski definition) is 2. The lowest BCUT2D eigenvalue weighted by Crippen LogP contribution is -2.35. The zero-order chi connectivity index (χ0) is 11.7. The molecule has 1 amide bonds. The van der Waals surface area contributed by atoms with Crippen LogP contribution in [0.1, 0.15) is 40.5 Å². The number of rotatable bonds is 8. The first-order valence-corrected chi connectivity index (χ1v) is 6.10. The quantitative estimate of drug-likeness (QED) is 0.605. The summed E-state index contributed by atoms with van der Waals surface area (Å²) < 4.78 is 0. The first-order chi connectivity index (χ1) is 7.11. The molecule has 0 aromatic heterocycles. The fraction of sp³-hybridized carbons (Fsp3) is 0.917. The molecule has 0 radical (unpaired) electrons. The maximum absolute atomic E-state index is 11.5. The molecule has 0 rings (SSSR count). The van der Waals surface area contributed by atoms with Gasteiger partial charge in [-0.05, 0) is 31.8 Å². The van der Waals surface area contributed by atoms with Crippen LogP contribution in [0.4, 0.5) is 0 Å². The maximum Gasteiger partial charge on any atom is 0.222 e. The van der Waals surface area contributed by atoms with Gasteiger partial charge in [-0.1, -0.05) is 27.7 Å². The van der Waals surface area contributed by atoms with Crippen LogP contribution in [0.2, 0.25) is 0 Å². The Morgan fingerprint density at radius 3 is 2.40 bits per heavy atom. The van der Waals surface area contributed by atoms with Crippen molar-refractivity contribution in [2.75, 3.05) is 19.6 Å². The predicted octanol–water partition coefficient (Wildman–Crippen LogP) is 1.78. The fourth-order valence-electron chi connectivity index (χ4n) is 1.23. The Bertz CT molecular complexity index is 171. The van der Waals surface area contributed by atoms with Crippen LogP contribution in [0.15, 0.2) is 0 Å². The largest absolute Gasteiger partial charge is 0.356 e. The van der Waals surface area contributed by atoms with E-state index in [0.717, 1.165) is 32.5 Å². The van der Waals surface area contributed by atoms with E-state index in [9.17, 15) is 4.79 Å². The summed E-state index contributed by atoms with van der Waals surface area (Å²) in [6.07, 6.45) is 2.07. The highest BCUT2D eigenvalue weighted by Gasteiger charge is 2.10. The second-order valence-corrected chi connectivity index (χ2v) is 4.36. The van der Waals surface area contributed by atoms with Gasteiger partial charge in [0.05, 0.1) is 0 Å². The minimum Gasteiger partial charge on any atom is -0.356 e. The van der Waals surface area contributed by atoms with Crippen molar-refractivity contribution in [2.45, 2.75) is 40.5 Å². The molecule has 0 aromatic rings. The van der Waals surface area contributed by atoms with Crippen molar-refractivity contribution in [1.82, 2.24) is 10.6 Å². The van der Waals surface area contributed by atoms with Crippen LogP contribution < -0.4 is 10.6 Å². The Morgan fingerprint density at radius 2 is 1.87 bits per heavy atom. The zero-order valence-corrected chi connectivity index (χ0v) is 10.6. The second-order valence-electron chi connectivity index (χ2n) is 4.36. The van der Waals surface area contributed by atoms with Gasteiger partial charge in [0, 0.05) is 12.5 Å². The Labute approximate surface area is 94.0 Å². The lowest BCUT2D eigenvalue weighted by Gasteiger charge is -2.15. The van der Waals surface area contributed by atoms with Crippen molar-refractivity contribution >= 4 is 5.91 Å². The van der Waals surface area contributed by atoms with E-state index in [-0.39, 0.29) is 11.8 Å². The molecule has 0 aliphatic carbocycles. The summed E-state index contributed by atoms with van der Waals surface area (Å²) in [7, 11) is 0. The molecule has 3 nitrogen and oxygen atoms in total. The van der Waals surface area contributed by atoms with Gasteiger partial charge in [-0.2, -0.15) is 0 Å². The van der Waals surface area contributed by atoms with Crippen LogP contribution >= 0.6 is 0 Å². The molecule has 0 saturated carbocycles. The summed E-state index contributed by atoms with van der Waals surface area (Å²) in [6.45, 7) is 11.1. The third-order valence-corrected chi connectivity index (χ3v) is 2.60. The Balaban J connectivity index is 3.52. The van der Waals surface area contributed by atoms with Gasteiger partial charge in [-0.3, -0.25) is 4.79 Å². The van der Waals surface area contributed by atoms with E-state index in [1.807, 2.05) is 13.8 Å². The summed E-state index contributed by atoms with van der Waals surface area (Å²) in [5.41, 5.74) is 0. The van der Waals surface area contributed by atoms with Crippen LogP contribution in [0, 0.1) is 11.8 Å². The third-order valence-electron chi connectivity index (χ3n) is 2.60. The first kappa shape index (κ1) is 14.4. The molecule has 2 N–H and O–H groups in total. The summed E-state index contributed by atoms with van der Waals surface area (Å²) in [5, 5.41) is 6.33. The molecule has 0 spiro atoms. The van der Waals surface area contributed by atoms with E-state index in [4.69, 9.17) is 0 Å². The average Bonchev–Trinajstić information content (AvgIpc) is 2.25. The van der Waals surface area contributed by atoms with Gasteiger partial charge in [0.2, 0.25) is 5.91 Å². The van der Waals surface area contributed by atoms with Gasteiger partial charge in [-0.15, -0.1) is 0 Å². The summed E-state index contributed by atoms with van der Waals surface area (Å²) in [4.78, 5) is 11.5. The molecule has 0 heterocycles. The highest BCUT2D eigenvalue weighted by atomic mass is 16.1. The van der Waals surface area contributed by atoms with E-state index < -0.39 is 0 Å². The van der Waals surface area contributed by atoms with Crippen LogP contribution in [-0.2, 0) is 4.79 Å². The Hall–Kier alpha value is -0.570. The minimum atomic E-state index is 0.140. The monoisotopic (exact) mass is 214 g/mol. The maximum atomic E-state index is 11.5. The molecule has 2 unspecified atom stereocenters. The minimum absolute atomic E-state index is 0.140. The molecular weight excluding hydrogens is 188 g/mol. The van der Waals surface area contributed by atoms with Gasteiger partial charge in [0.15, 0.2) is 0 Å². The molecule has 3 heteroatoms. The summed E-state index contributed by atoms with van der Waals surface area (Å²) in [6, 6.07) is 0. The van der Waals surface area contributed by atoms with Crippen molar-refractivity contribution in [3.8, 4) is 0 Å². The zero-order valence-electron chi connectivity index (χ0n) is 10.6. The normalized spacial score (nSPS) is 14.7. The number of carbonyl (C=O) groups excluding carboxylic acids is 1. The molecule has 0 aliphatic heterocycles. The molecule has 2 atom stereocenters. The first-order valence-electron chi connectivity index (χ1n) is 6.10. The number of nitrogens with one attached hydrogen (secondary N) is 2. The van der Waals surface area contributed by atoms with Crippen molar-refractivity contribution in [3.05, 3.63) is 0 Å². The van der Waals surface area contributed by atoms with Crippen molar-refractivity contribution in [2.24, 2.45) is 11.8 Å². The molecule has 0 saturated heterocycles. The SMILES string of the molecule is CCCNCC(C)CNC(=O)C(C)CC. The van der Waals surface area contributed by atoms with Gasteiger partial charge in [0.1, 0.15) is 0 Å². The smallest absolute Gasteiger partial charge is 0.222 e. The van der Waals surface area contributed by atoms with E-state index in [1.54, 1.807) is 0 Å².